The Labute approximate surface area is 225 Å². The Balaban J connectivity index is 2.03. The molecule has 0 radical (unpaired) electrons. The summed E-state index contributed by atoms with van der Waals surface area (Å²) < 4.78 is 29.0. The van der Waals surface area contributed by atoms with Crippen LogP contribution in [0.2, 0.25) is 5.02 Å². The van der Waals surface area contributed by atoms with Crippen LogP contribution >= 0.6 is 27.5 Å². The van der Waals surface area contributed by atoms with Gasteiger partial charge in [0.2, 0.25) is 11.8 Å². The van der Waals surface area contributed by atoms with Crippen molar-refractivity contribution in [2.75, 3.05) is 17.4 Å². The highest BCUT2D eigenvalue weighted by atomic mass is 79.9. The number of carbonyl (C=O) groups excluding carboxylic acids is 2. The quantitative estimate of drug-likeness (QED) is 0.365. The van der Waals surface area contributed by atoms with Crippen LogP contribution in [0.3, 0.4) is 0 Å². The number of rotatable bonds is 10. The summed E-state index contributed by atoms with van der Waals surface area (Å²) >= 11 is 9.72. The van der Waals surface area contributed by atoms with E-state index in [1.165, 1.54) is 17.0 Å². The number of sulfonamides is 1. The highest BCUT2D eigenvalue weighted by Gasteiger charge is 2.32. The first-order valence-electron chi connectivity index (χ1n) is 11.3. The van der Waals surface area contributed by atoms with Crippen molar-refractivity contribution in [3.8, 4) is 0 Å². The number of amides is 2. The average Bonchev–Trinajstić information content (AvgIpc) is 2.86. The molecule has 0 aliphatic heterocycles. The molecule has 0 spiro atoms. The number of carbonyl (C=O) groups is 2. The van der Waals surface area contributed by atoms with Gasteiger partial charge in [-0.2, -0.15) is 0 Å². The predicted octanol–water partition coefficient (Wildman–Crippen LogP) is 4.85. The molecule has 3 aromatic carbocycles. The van der Waals surface area contributed by atoms with Crippen molar-refractivity contribution in [3.63, 3.8) is 0 Å². The van der Waals surface area contributed by atoms with Gasteiger partial charge in [-0.05, 0) is 55.8 Å². The van der Waals surface area contributed by atoms with Crippen LogP contribution in [0.1, 0.15) is 19.4 Å². The molecule has 0 fully saturated rings. The van der Waals surface area contributed by atoms with E-state index < -0.39 is 28.5 Å². The molecular weight excluding hydrogens is 566 g/mol. The zero-order valence-electron chi connectivity index (χ0n) is 19.9. The van der Waals surface area contributed by atoms with Gasteiger partial charge in [-0.3, -0.25) is 13.9 Å². The first-order chi connectivity index (χ1) is 17.1. The number of nitrogens with zero attached hydrogens (tertiary/aromatic N) is 2. The van der Waals surface area contributed by atoms with Crippen molar-refractivity contribution in [1.29, 1.82) is 0 Å². The lowest BCUT2D eigenvalue weighted by Crippen LogP contribution is -2.51. The van der Waals surface area contributed by atoms with Gasteiger partial charge in [0.05, 0.1) is 10.6 Å². The van der Waals surface area contributed by atoms with E-state index in [1.54, 1.807) is 80.6 Å². The number of benzene rings is 3. The smallest absolute Gasteiger partial charge is 0.264 e. The van der Waals surface area contributed by atoms with E-state index in [9.17, 15) is 18.0 Å². The van der Waals surface area contributed by atoms with Crippen LogP contribution in [0, 0.1) is 0 Å². The van der Waals surface area contributed by atoms with E-state index in [-0.39, 0.29) is 17.3 Å². The normalized spacial score (nSPS) is 12.0. The molecule has 3 aromatic rings. The van der Waals surface area contributed by atoms with E-state index in [0.717, 1.165) is 4.31 Å². The van der Waals surface area contributed by atoms with Crippen molar-refractivity contribution in [1.82, 2.24) is 10.2 Å². The van der Waals surface area contributed by atoms with E-state index in [4.69, 9.17) is 11.6 Å². The second-order valence-corrected chi connectivity index (χ2v) is 11.2. The van der Waals surface area contributed by atoms with Gasteiger partial charge >= 0.3 is 0 Å². The largest absolute Gasteiger partial charge is 0.355 e. The SMILES string of the molecule is CCNC(=O)C(C)N(Cc1ccccc1Cl)C(=O)CN(c1cccc(Br)c1)S(=O)(=O)c1ccccc1. The van der Waals surface area contributed by atoms with Gasteiger partial charge in [0.1, 0.15) is 12.6 Å². The van der Waals surface area contributed by atoms with Gasteiger partial charge in [-0.25, -0.2) is 8.42 Å². The molecule has 0 saturated carbocycles. The maximum absolute atomic E-state index is 13.7. The van der Waals surface area contributed by atoms with Crippen LogP contribution in [-0.2, 0) is 26.2 Å². The number of likely N-dealkylation sites (N-methyl/N-ethyl adjacent to an activating group) is 1. The summed E-state index contributed by atoms with van der Waals surface area (Å²) in [6.45, 7) is 3.31. The predicted molar refractivity (Wildman–Crippen MR) is 145 cm³/mol. The molecule has 190 valence electrons. The van der Waals surface area contributed by atoms with Crippen LogP contribution in [0.5, 0.6) is 0 Å². The lowest BCUT2D eigenvalue weighted by atomic mass is 10.1. The van der Waals surface area contributed by atoms with E-state index in [2.05, 4.69) is 21.2 Å². The molecule has 1 unspecified atom stereocenters. The molecule has 0 aliphatic carbocycles. The van der Waals surface area contributed by atoms with Gasteiger partial charge in [-0.1, -0.05) is 70.0 Å². The molecule has 1 atom stereocenters. The van der Waals surface area contributed by atoms with Crippen molar-refractivity contribution in [3.05, 3.63) is 93.9 Å². The number of hydrogen-bond acceptors (Lipinski definition) is 4. The van der Waals surface area contributed by atoms with Gasteiger partial charge < -0.3 is 10.2 Å². The minimum absolute atomic E-state index is 0.0362. The molecule has 7 nitrogen and oxygen atoms in total. The Morgan fingerprint density at radius 1 is 1.00 bits per heavy atom. The highest BCUT2D eigenvalue weighted by Crippen LogP contribution is 2.27. The summed E-state index contributed by atoms with van der Waals surface area (Å²) in [5.41, 5.74) is 0.952. The number of hydrogen-bond donors (Lipinski definition) is 1. The molecule has 0 heterocycles. The maximum atomic E-state index is 13.7. The first kappa shape index (κ1) is 27.7. The second-order valence-electron chi connectivity index (χ2n) is 7.99. The van der Waals surface area contributed by atoms with Crippen LogP contribution in [0.15, 0.2) is 88.2 Å². The molecule has 0 aliphatic rings. The molecule has 0 saturated heterocycles. The van der Waals surface area contributed by atoms with Crippen molar-refractivity contribution in [2.24, 2.45) is 0 Å². The van der Waals surface area contributed by atoms with Crippen LogP contribution < -0.4 is 9.62 Å². The summed E-state index contributed by atoms with van der Waals surface area (Å²) in [7, 11) is -4.10. The standard InChI is InChI=1S/C26H27BrClN3O4S/c1-3-29-26(33)19(2)30(17-20-10-7-8-15-24(20)28)25(32)18-31(22-12-9-11-21(27)16-22)36(34,35)23-13-5-4-6-14-23/h4-16,19H,3,17-18H2,1-2H3,(H,29,33). The lowest BCUT2D eigenvalue weighted by molar-refractivity contribution is -0.139. The molecule has 1 N–H and O–H groups in total. The van der Waals surface area contributed by atoms with Crippen LogP contribution in [-0.4, -0.2) is 44.3 Å². The molecular formula is C26H27BrClN3O4S. The van der Waals surface area contributed by atoms with Gasteiger partial charge in [0.25, 0.3) is 10.0 Å². The molecule has 10 heteroatoms. The van der Waals surface area contributed by atoms with Gasteiger partial charge in [-0.15, -0.1) is 0 Å². The van der Waals surface area contributed by atoms with Crippen molar-refractivity contribution in [2.45, 2.75) is 31.3 Å². The third-order valence-electron chi connectivity index (χ3n) is 5.52. The Hall–Kier alpha value is -2.88. The number of nitrogens with one attached hydrogen (secondary N) is 1. The van der Waals surface area contributed by atoms with Gasteiger partial charge in [0.15, 0.2) is 0 Å². The minimum atomic E-state index is -4.10. The summed E-state index contributed by atoms with van der Waals surface area (Å²) in [5.74, 6) is -0.897. The third-order valence-corrected chi connectivity index (χ3v) is 8.17. The minimum Gasteiger partial charge on any atom is -0.355 e. The van der Waals surface area contributed by atoms with Crippen molar-refractivity contribution >= 4 is 55.1 Å². The third kappa shape index (κ3) is 6.66. The summed E-state index contributed by atoms with van der Waals surface area (Å²) in [6.07, 6.45) is 0. The van der Waals surface area contributed by atoms with Crippen LogP contribution in [0.25, 0.3) is 0 Å². The first-order valence-corrected chi connectivity index (χ1v) is 13.9. The monoisotopic (exact) mass is 591 g/mol. The Morgan fingerprint density at radius 3 is 2.31 bits per heavy atom. The Kier molecular flexibility index (Phi) is 9.53. The van der Waals surface area contributed by atoms with E-state index in [1.807, 2.05) is 0 Å². The number of halogens is 2. The lowest BCUT2D eigenvalue weighted by Gasteiger charge is -2.32. The molecule has 36 heavy (non-hydrogen) atoms. The zero-order chi connectivity index (χ0) is 26.3. The fourth-order valence-corrected chi connectivity index (χ4v) is 5.60. The molecule has 2 amide bonds. The average molecular weight is 593 g/mol. The summed E-state index contributed by atoms with van der Waals surface area (Å²) in [5, 5.41) is 3.17. The molecule has 0 bridgehead atoms. The summed E-state index contributed by atoms with van der Waals surface area (Å²) in [4.78, 5) is 27.8. The van der Waals surface area contributed by atoms with Crippen LogP contribution in [0.4, 0.5) is 5.69 Å². The Morgan fingerprint density at radius 2 is 1.67 bits per heavy atom. The highest BCUT2D eigenvalue weighted by molar-refractivity contribution is 9.10. The summed E-state index contributed by atoms with van der Waals surface area (Å²) in [6, 6.07) is 20.8. The molecule has 0 aromatic heterocycles. The zero-order valence-corrected chi connectivity index (χ0v) is 23.1. The maximum Gasteiger partial charge on any atom is 0.264 e. The van der Waals surface area contributed by atoms with Crippen molar-refractivity contribution < 1.29 is 18.0 Å². The second kappa shape index (κ2) is 12.4. The molecule has 3 rings (SSSR count). The van der Waals surface area contributed by atoms with E-state index >= 15 is 0 Å². The van der Waals surface area contributed by atoms with E-state index in [0.29, 0.717) is 27.3 Å². The number of anilines is 1. The Bertz CT molecular complexity index is 1320. The fourth-order valence-electron chi connectivity index (χ4n) is 3.59. The fraction of sp³-hybridized carbons (Fsp3) is 0.231. The topological polar surface area (TPSA) is 86.8 Å². The van der Waals surface area contributed by atoms with Gasteiger partial charge in [0, 0.05) is 22.6 Å².